The molecule has 0 saturated carbocycles. The molecule has 0 unspecified atom stereocenters. The van der Waals surface area contributed by atoms with Gasteiger partial charge in [0.2, 0.25) is 0 Å². The molecule has 2 aromatic rings. The summed E-state index contributed by atoms with van der Waals surface area (Å²) in [5.41, 5.74) is 3.52. The van der Waals surface area contributed by atoms with Gasteiger partial charge in [0.15, 0.2) is 11.5 Å². The summed E-state index contributed by atoms with van der Waals surface area (Å²) in [7, 11) is 1.66. The molecule has 0 fully saturated rings. The highest BCUT2D eigenvalue weighted by atomic mass is 16.5. The van der Waals surface area contributed by atoms with Crippen molar-refractivity contribution < 1.29 is 9.47 Å². The third-order valence-corrected chi connectivity index (χ3v) is 3.34. The first-order valence-electron chi connectivity index (χ1n) is 7.11. The van der Waals surface area contributed by atoms with Crippen molar-refractivity contribution in [3.63, 3.8) is 0 Å². The lowest BCUT2D eigenvalue weighted by Crippen LogP contribution is -2.08. The summed E-state index contributed by atoms with van der Waals surface area (Å²) >= 11 is 0. The molecule has 1 heterocycles. The standard InChI is InChI=1S/C18H19NO2/c1-13(2)21-18-14(7-6-10-17(18)20-3)11-12-19-15-8-4-5-9-16(15)19/h4-13H,1-3H3/b12-11+. The van der Waals surface area contributed by atoms with Crippen LogP contribution in [0, 0.1) is 0 Å². The van der Waals surface area contributed by atoms with E-state index in [9.17, 15) is 0 Å². The van der Waals surface area contributed by atoms with E-state index in [2.05, 4.69) is 29.3 Å². The Morgan fingerprint density at radius 3 is 2.33 bits per heavy atom. The third kappa shape index (κ3) is 2.72. The topological polar surface area (TPSA) is 21.5 Å². The maximum Gasteiger partial charge on any atom is 0.168 e. The highest BCUT2D eigenvalue weighted by Crippen LogP contribution is 2.47. The molecule has 0 spiro atoms. The summed E-state index contributed by atoms with van der Waals surface area (Å²) in [5, 5.41) is 0. The van der Waals surface area contributed by atoms with Crippen LogP contribution in [0.5, 0.6) is 11.5 Å². The number of para-hydroxylation sites is 3. The Balaban J connectivity index is 1.85. The third-order valence-electron chi connectivity index (χ3n) is 3.34. The Hall–Kier alpha value is -2.42. The number of hydrogen-bond acceptors (Lipinski definition) is 3. The van der Waals surface area contributed by atoms with Gasteiger partial charge in [-0.1, -0.05) is 24.3 Å². The second-order valence-electron chi connectivity index (χ2n) is 5.22. The second kappa shape index (κ2) is 5.52. The number of nitrogens with zero attached hydrogens (tertiary/aromatic N) is 1. The molecule has 3 rings (SSSR count). The van der Waals surface area contributed by atoms with Crippen LogP contribution in [0.3, 0.4) is 0 Å². The zero-order chi connectivity index (χ0) is 14.8. The Bertz CT molecular complexity index is 654. The monoisotopic (exact) mass is 281 g/mol. The van der Waals surface area contributed by atoms with E-state index >= 15 is 0 Å². The normalized spacial score (nSPS) is 12.7. The molecule has 1 aliphatic heterocycles. The van der Waals surface area contributed by atoms with Crippen molar-refractivity contribution in [3.8, 4) is 11.5 Å². The van der Waals surface area contributed by atoms with Gasteiger partial charge >= 0.3 is 0 Å². The molecule has 108 valence electrons. The van der Waals surface area contributed by atoms with Gasteiger partial charge in [-0.25, -0.2) is 0 Å². The SMILES string of the molecule is COc1cccc(/C=C/N2c3ccccc32)c1OC(C)C. The minimum absolute atomic E-state index is 0.104. The van der Waals surface area contributed by atoms with E-state index in [1.54, 1.807) is 7.11 Å². The fraction of sp³-hybridized carbons (Fsp3) is 0.222. The van der Waals surface area contributed by atoms with Crippen LogP contribution in [0.15, 0.2) is 48.7 Å². The van der Waals surface area contributed by atoms with Crippen LogP contribution in [0.1, 0.15) is 19.4 Å². The van der Waals surface area contributed by atoms with Gasteiger partial charge in [-0.15, -0.1) is 0 Å². The van der Waals surface area contributed by atoms with E-state index in [1.807, 2.05) is 44.2 Å². The lowest BCUT2D eigenvalue weighted by molar-refractivity contribution is 0.229. The fourth-order valence-electron chi connectivity index (χ4n) is 2.33. The van der Waals surface area contributed by atoms with Crippen molar-refractivity contribution in [2.75, 3.05) is 12.0 Å². The quantitative estimate of drug-likeness (QED) is 0.747. The number of anilines is 2. The lowest BCUT2D eigenvalue weighted by Gasteiger charge is -2.15. The summed E-state index contributed by atoms with van der Waals surface area (Å²) in [6.45, 7) is 4.03. The number of ether oxygens (including phenoxy) is 2. The molecule has 0 aromatic heterocycles. The number of fused-ring (bicyclic) bond motifs is 1. The maximum atomic E-state index is 5.90. The average Bonchev–Trinajstić information content (AvgIpc) is 3.19. The molecular weight excluding hydrogens is 262 g/mol. The summed E-state index contributed by atoms with van der Waals surface area (Å²) in [4.78, 5) is 2.15. The van der Waals surface area contributed by atoms with Crippen molar-refractivity contribution in [2.24, 2.45) is 0 Å². The predicted molar refractivity (Wildman–Crippen MR) is 86.4 cm³/mol. The molecule has 0 aliphatic carbocycles. The first kappa shape index (κ1) is 13.6. The van der Waals surface area contributed by atoms with Gasteiger partial charge in [-0.05, 0) is 38.1 Å². The van der Waals surface area contributed by atoms with Crippen molar-refractivity contribution in [2.45, 2.75) is 20.0 Å². The zero-order valence-electron chi connectivity index (χ0n) is 12.5. The number of benzene rings is 2. The van der Waals surface area contributed by atoms with E-state index < -0.39 is 0 Å². The molecule has 3 heteroatoms. The van der Waals surface area contributed by atoms with E-state index in [0.717, 1.165) is 17.1 Å². The second-order valence-corrected chi connectivity index (χ2v) is 5.22. The number of methoxy groups -OCH3 is 1. The molecule has 0 atom stereocenters. The van der Waals surface area contributed by atoms with Gasteiger partial charge in [-0.2, -0.15) is 0 Å². The Morgan fingerprint density at radius 1 is 1.00 bits per heavy atom. The summed E-state index contributed by atoms with van der Waals surface area (Å²) in [6.07, 6.45) is 4.22. The minimum atomic E-state index is 0.104. The Kier molecular flexibility index (Phi) is 3.57. The van der Waals surface area contributed by atoms with Gasteiger partial charge in [0.25, 0.3) is 0 Å². The Labute approximate surface area is 125 Å². The number of rotatable bonds is 5. The number of hydrogen-bond donors (Lipinski definition) is 0. The molecule has 3 nitrogen and oxygen atoms in total. The highest BCUT2D eigenvalue weighted by Gasteiger charge is 2.25. The van der Waals surface area contributed by atoms with Crippen LogP contribution in [-0.4, -0.2) is 13.2 Å². The molecule has 0 radical (unpaired) electrons. The molecule has 0 amide bonds. The van der Waals surface area contributed by atoms with E-state index in [0.29, 0.717) is 0 Å². The molecule has 0 N–H and O–H groups in total. The van der Waals surface area contributed by atoms with E-state index in [1.165, 1.54) is 11.4 Å². The van der Waals surface area contributed by atoms with Gasteiger partial charge in [-0.3, -0.25) is 0 Å². The van der Waals surface area contributed by atoms with Crippen LogP contribution in [0.2, 0.25) is 0 Å². The predicted octanol–water partition coefficient (Wildman–Crippen LogP) is 4.60. The first-order chi connectivity index (χ1) is 10.2. The van der Waals surface area contributed by atoms with Crippen LogP contribution in [0.25, 0.3) is 6.08 Å². The largest absolute Gasteiger partial charge is 0.493 e. The molecule has 1 aliphatic rings. The molecule has 21 heavy (non-hydrogen) atoms. The van der Waals surface area contributed by atoms with Crippen LogP contribution >= 0.6 is 0 Å². The summed E-state index contributed by atoms with van der Waals surface area (Å²) in [5.74, 6) is 1.55. The van der Waals surface area contributed by atoms with Crippen LogP contribution in [0.4, 0.5) is 11.4 Å². The van der Waals surface area contributed by atoms with Gasteiger partial charge < -0.3 is 14.4 Å². The minimum Gasteiger partial charge on any atom is -0.493 e. The molecular formula is C18H19NO2. The smallest absolute Gasteiger partial charge is 0.168 e. The van der Waals surface area contributed by atoms with Crippen molar-refractivity contribution in [1.82, 2.24) is 0 Å². The van der Waals surface area contributed by atoms with Gasteiger partial charge in [0.05, 0.1) is 24.6 Å². The molecule has 0 bridgehead atoms. The van der Waals surface area contributed by atoms with Gasteiger partial charge in [0, 0.05) is 11.8 Å². The zero-order valence-corrected chi connectivity index (χ0v) is 12.5. The highest BCUT2D eigenvalue weighted by molar-refractivity contribution is 5.95. The first-order valence-corrected chi connectivity index (χ1v) is 7.11. The van der Waals surface area contributed by atoms with Crippen molar-refractivity contribution in [3.05, 3.63) is 54.2 Å². The lowest BCUT2D eigenvalue weighted by atomic mass is 10.2. The van der Waals surface area contributed by atoms with Crippen molar-refractivity contribution >= 4 is 17.5 Å². The fourth-order valence-corrected chi connectivity index (χ4v) is 2.33. The van der Waals surface area contributed by atoms with Crippen LogP contribution < -0.4 is 14.4 Å². The average molecular weight is 281 g/mol. The molecule has 2 aromatic carbocycles. The maximum absolute atomic E-state index is 5.90. The van der Waals surface area contributed by atoms with Crippen molar-refractivity contribution in [1.29, 1.82) is 0 Å². The summed E-state index contributed by atoms with van der Waals surface area (Å²) < 4.78 is 11.3. The Morgan fingerprint density at radius 2 is 1.71 bits per heavy atom. The van der Waals surface area contributed by atoms with Crippen LogP contribution in [-0.2, 0) is 0 Å². The van der Waals surface area contributed by atoms with E-state index in [-0.39, 0.29) is 6.10 Å². The van der Waals surface area contributed by atoms with Gasteiger partial charge in [0.1, 0.15) is 0 Å². The summed E-state index contributed by atoms with van der Waals surface area (Å²) in [6, 6.07) is 14.2. The van der Waals surface area contributed by atoms with E-state index in [4.69, 9.17) is 9.47 Å². The molecule has 0 saturated heterocycles.